The quantitative estimate of drug-likeness (QED) is 0.920. The second kappa shape index (κ2) is 6.98. The van der Waals surface area contributed by atoms with Crippen molar-refractivity contribution in [2.75, 3.05) is 24.5 Å². The van der Waals surface area contributed by atoms with Crippen molar-refractivity contribution in [2.24, 2.45) is 13.0 Å². The number of nitrogens with one attached hydrogen (secondary N) is 1. The minimum Gasteiger partial charge on any atom is -0.356 e. The molecule has 7 heteroatoms. The average molecular weight is 328 g/mol. The maximum absolute atomic E-state index is 12.1. The summed E-state index contributed by atoms with van der Waals surface area (Å²) in [6.45, 7) is 6.56. The lowest BCUT2D eigenvalue weighted by Gasteiger charge is -2.33. The number of hydrogen-bond donors (Lipinski definition) is 1. The predicted octanol–water partition coefficient (Wildman–Crippen LogP) is 1.47. The Morgan fingerprint density at radius 2 is 2.04 bits per heavy atom. The number of amides is 1. The molecule has 1 aliphatic rings. The SMILES string of the molecule is Cc1cc(N2CCC(CNC(=O)c3cnn(C)c3)CC2)nc(C)n1. The Hall–Kier alpha value is -2.44. The van der Waals surface area contributed by atoms with Crippen molar-refractivity contribution in [3.05, 3.63) is 35.5 Å². The third-order valence-electron chi connectivity index (χ3n) is 4.41. The van der Waals surface area contributed by atoms with Crippen LogP contribution in [-0.2, 0) is 7.05 Å². The molecule has 1 aliphatic heterocycles. The van der Waals surface area contributed by atoms with Gasteiger partial charge < -0.3 is 10.2 Å². The second-order valence-corrected chi connectivity index (χ2v) is 6.46. The van der Waals surface area contributed by atoms with Crippen LogP contribution in [0, 0.1) is 19.8 Å². The molecule has 3 heterocycles. The Morgan fingerprint density at radius 1 is 1.29 bits per heavy atom. The molecule has 1 N–H and O–H groups in total. The van der Waals surface area contributed by atoms with Gasteiger partial charge >= 0.3 is 0 Å². The number of piperidine rings is 1. The molecule has 3 rings (SSSR count). The largest absolute Gasteiger partial charge is 0.356 e. The highest BCUT2D eigenvalue weighted by atomic mass is 16.1. The number of nitrogens with zero attached hydrogens (tertiary/aromatic N) is 5. The van der Waals surface area contributed by atoms with Gasteiger partial charge in [0, 0.05) is 44.6 Å². The monoisotopic (exact) mass is 328 g/mol. The molecular weight excluding hydrogens is 304 g/mol. The van der Waals surface area contributed by atoms with Gasteiger partial charge in [0.05, 0.1) is 11.8 Å². The van der Waals surface area contributed by atoms with E-state index < -0.39 is 0 Å². The first-order valence-corrected chi connectivity index (χ1v) is 8.35. The van der Waals surface area contributed by atoms with Crippen molar-refractivity contribution in [1.29, 1.82) is 0 Å². The topological polar surface area (TPSA) is 75.9 Å². The number of hydrogen-bond acceptors (Lipinski definition) is 5. The first kappa shape index (κ1) is 16.4. The van der Waals surface area contributed by atoms with Gasteiger partial charge in [0.2, 0.25) is 0 Å². The second-order valence-electron chi connectivity index (χ2n) is 6.46. The van der Waals surface area contributed by atoms with Crippen LogP contribution in [0.25, 0.3) is 0 Å². The zero-order valence-corrected chi connectivity index (χ0v) is 14.5. The van der Waals surface area contributed by atoms with Gasteiger partial charge in [-0.3, -0.25) is 9.48 Å². The van der Waals surface area contributed by atoms with Crippen LogP contribution in [0.1, 0.15) is 34.7 Å². The minimum atomic E-state index is -0.0485. The van der Waals surface area contributed by atoms with Crippen LogP contribution < -0.4 is 10.2 Å². The summed E-state index contributed by atoms with van der Waals surface area (Å²) >= 11 is 0. The summed E-state index contributed by atoms with van der Waals surface area (Å²) in [4.78, 5) is 23.2. The van der Waals surface area contributed by atoms with Gasteiger partial charge in [0.15, 0.2) is 0 Å². The Bertz CT molecular complexity index is 697. The molecule has 0 bridgehead atoms. The zero-order valence-electron chi connectivity index (χ0n) is 14.5. The molecule has 1 amide bonds. The summed E-state index contributed by atoms with van der Waals surface area (Å²) in [5.41, 5.74) is 1.62. The van der Waals surface area contributed by atoms with Crippen LogP contribution in [-0.4, -0.2) is 45.3 Å². The Balaban J connectivity index is 1.49. The van der Waals surface area contributed by atoms with Gasteiger partial charge in [-0.1, -0.05) is 0 Å². The summed E-state index contributed by atoms with van der Waals surface area (Å²) < 4.78 is 1.64. The van der Waals surface area contributed by atoms with Crippen LogP contribution in [0.5, 0.6) is 0 Å². The lowest BCUT2D eigenvalue weighted by atomic mass is 9.96. The Kier molecular flexibility index (Phi) is 4.78. The molecule has 0 saturated carbocycles. The van der Waals surface area contributed by atoms with Crippen molar-refractivity contribution >= 4 is 11.7 Å². The lowest BCUT2D eigenvalue weighted by molar-refractivity contribution is 0.0945. The maximum Gasteiger partial charge on any atom is 0.254 e. The van der Waals surface area contributed by atoms with E-state index in [1.165, 1.54) is 0 Å². The first-order valence-electron chi connectivity index (χ1n) is 8.35. The van der Waals surface area contributed by atoms with E-state index in [4.69, 9.17) is 0 Å². The van der Waals surface area contributed by atoms with Crippen LogP contribution in [0.15, 0.2) is 18.5 Å². The van der Waals surface area contributed by atoms with E-state index in [1.54, 1.807) is 17.1 Å². The van der Waals surface area contributed by atoms with E-state index in [-0.39, 0.29) is 5.91 Å². The highest BCUT2D eigenvalue weighted by Gasteiger charge is 2.21. The molecule has 24 heavy (non-hydrogen) atoms. The molecule has 0 aliphatic carbocycles. The number of carbonyl (C=O) groups is 1. The number of aromatic nitrogens is 4. The smallest absolute Gasteiger partial charge is 0.254 e. The van der Waals surface area contributed by atoms with E-state index in [9.17, 15) is 4.79 Å². The highest BCUT2D eigenvalue weighted by Crippen LogP contribution is 2.22. The van der Waals surface area contributed by atoms with Gasteiger partial charge in [0.1, 0.15) is 11.6 Å². The fraction of sp³-hybridized carbons (Fsp3) is 0.529. The van der Waals surface area contributed by atoms with E-state index >= 15 is 0 Å². The van der Waals surface area contributed by atoms with Crippen LogP contribution in [0.3, 0.4) is 0 Å². The average Bonchev–Trinajstić information content (AvgIpc) is 2.99. The van der Waals surface area contributed by atoms with Crippen LogP contribution in [0.2, 0.25) is 0 Å². The van der Waals surface area contributed by atoms with Gasteiger partial charge in [-0.05, 0) is 32.6 Å². The number of carbonyl (C=O) groups excluding carboxylic acids is 1. The zero-order chi connectivity index (χ0) is 17.1. The fourth-order valence-electron chi connectivity index (χ4n) is 3.10. The van der Waals surface area contributed by atoms with Crippen molar-refractivity contribution in [3.8, 4) is 0 Å². The Labute approximate surface area is 142 Å². The van der Waals surface area contributed by atoms with Crippen LogP contribution in [0.4, 0.5) is 5.82 Å². The number of rotatable bonds is 4. The van der Waals surface area contributed by atoms with Crippen molar-refractivity contribution < 1.29 is 4.79 Å². The molecule has 2 aromatic heterocycles. The predicted molar refractivity (Wildman–Crippen MR) is 92.0 cm³/mol. The molecule has 0 radical (unpaired) electrons. The van der Waals surface area contributed by atoms with Gasteiger partial charge in [-0.2, -0.15) is 5.10 Å². The van der Waals surface area contributed by atoms with Gasteiger partial charge in [0.25, 0.3) is 5.91 Å². The summed E-state index contributed by atoms with van der Waals surface area (Å²) in [5.74, 6) is 2.28. The third kappa shape index (κ3) is 3.90. The molecule has 0 spiro atoms. The molecular formula is C17H24N6O. The Morgan fingerprint density at radius 3 is 2.67 bits per heavy atom. The molecule has 0 atom stereocenters. The van der Waals surface area contributed by atoms with E-state index in [2.05, 4.69) is 25.3 Å². The van der Waals surface area contributed by atoms with Crippen molar-refractivity contribution in [1.82, 2.24) is 25.1 Å². The number of anilines is 1. The minimum absolute atomic E-state index is 0.0485. The normalized spacial score (nSPS) is 15.5. The van der Waals surface area contributed by atoms with Gasteiger partial charge in [-0.25, -0.2) is 9.97 Å². The van der Waals surface area contributed by atoms with Crippen molar-refractivity contribution in [2.45, 2.75) is 26.7 Å². The summed E-state index contributed by atoms with van der Waals surface area (Å²) in [6, 6.07) is 2.04. The summed E-state index contributed by atoms with van der Waals surface area (Å²) in [7, 11) is 1.81. The highest BCUT2D eigenvalue weighted by molar-refractivity contribution is 5.93. The first-order chi connectivity index (χ1) is 11.5. The standard InChI is InChI=1S/C17H24N6O/c1-12-8-16(21-13(2)20-12)23-6-4-14(5-7-23)9-18-17(24)15-10-19-22(3)11-15/h8,10-11,14H,4-7,9H2,1-3H3,(H,18,24). The molecule has 0 aromatic carbocycles. The third-order valence-corrected chi connectivity index (χ3v) is 4.41. The van der Waals surface area contributed by atoms with Crippen molar-refractivity contribution in [3.63, 3.8) is 0 Å². The van der Waals surface area contributed by atoms with E-state index in [0.29, 0.717) is 18.0 Å². The maximum atomic E-state index is 12.1. The molecule has 2 aromatic rings. The fourth-order valence-corrected chi connectivity index (χ4v) is 3.10. The van der Waals surface area contributed by atoms with Gasteiger partial charge in [-0.15, -0.1) is 0 Å². The summed E-state index contributed by atoms with van der Waals surface area (Å²) in [5, 5.41) is 7.05. The molecule has 1 saturated heterocycles. The summed E-state index contributed by atoms with van der Waals surface area (Å²) in [6.07, 6.45) is 5.43. The molecule has 128 valence electrons. The molecule has 0 unspecified atom stereocenters. The lowest BCUT2D eigenvalue weighted by Crippen LogP contribution is -2.39. The molecule has 7 nitrogen and oxygen atoms in total. The number of aryl methyl sites for hydroxylation is 3. The van der Waals surface area contributed by atoms with E-state index in [0.717, 1.165) is 43.3 Å². The molecule has 1 fully saturated rings. The van der Waals surface area contributed by atoms with E-state index in [1.807, 2.05) is 27.0 Å². The van der Waals surface area contributed by atoms with Crippen LogP contribution >= 0.6 is 0 Å².